The number of aryl methyl sites for hydroxylation is 1. The number of benzene rings is 2. The molecule has 1 atom stereocenters. The zero-order valence-corrected chi connectivity index (χ0v) is 21.7. The average Bonchev–Trinajstić information content (AvgIpc) is 3.43. The average molecular weight is 522 g/mol. The number of nitrogens with zero attached hydrogens (tertiary/aromatic N) is 4. The van der Waals surface area contributed by atoms with Gasteiger partial charge in [0, 0.05) is 16.3 Å². The van der Waals surface area contributed by atoms with E-state index in [2.05, 4.69) is 45.0 Å². The molecule has 3 N–H and O–H groups in total. The maximum Gasteiger partial charge on any atom is 0.302 e. The van der Waals surface area contributed by atoms with E-state index in [4.69, 9.17) is 21.0 Å². The topological polar surface area (TPSA) is 117 Å². The lowest BCUT2D eigenvalue weighted by Crippen LogP contribution is -2.37. The van der Waals surface area contributed by atoms with Gasteiger partial charge in [0.25, 0.3) is 5.91 Å². The van der Waals surface area contributed by atoms with Gasteiger partial charge in [0.2, 0.25) is 11.1 Å². The third-order valence-corrected chi connectivity index (χ3v) is 6.82. The molecule has 2 aromatic carbocycles. The summed E-state index contributed by atoms with van der Waals surface area (Å²) in [7, 11) is 0. The minimum atomic E-state index is -0.680. The molecule has 5 rings (SSSR count). The highest BCUT2D eigenvalue weighted by Crippen LogP contribution is 2.37. The molecule has 3 heterocycles. The van der Waals surface area contributed by atoms with Crippen LogP contribution >= 0.6 is 22.9 Å². The van der Waals surface area contributed by atoms with Crippen molar-refractivity contribution in [1.29, 1.82) is 0 Å². The van der Waals surface area contributed by atoms with Crippen molar-refractivity contribution in [3.8, 4) is 0 Å². The summed E-state index contributed by atoms with van der Waals surface area (Å²) in [5.74, 6) is 0.358. The molecule has 1 amide bonds. The number of carbonyl (C=O) groups excluding carboxylic acids is 1. The van der Waals surface area contributed by atoms with Crippen LogP contribution < -0.4 is 16.0 Å². The smallest absolute Gasteiger partial charge is 0.302 e. The minimum Gasteiger partial charge on any atom is -0.423 e. The highest BCUT2D eigenvalue weighted by Gasteiger charge is 2.32. The number of rotatable bonds is 5. The first-order valence-corrected chi connectivity index (χ1v) is 12.6. The van der Waals surface area contributed by atoms with E-state index in [1.807, 2.05) is 56.3 Å². The normalized spacial score (nSPS) is 15.7. The summed E-state index contributed by atoms with van der Waals surface area (Å²) in [6.45, 7) is 7.84. The predicted octanol–water partition coefficient (Wildman–Crippen LogP) is 5.79. The van der Waals surface area contributed by atoms with Crippen LogP contribution in [0.4, 0.5) is 11.1 Å². The number of oxazole rings is 1. The van der Waals surface area contributed by atoms with Gasteiger partial charge in [-0.15, -0.1) is 10.2 Å². The van der Waals surface area contributed by atoms with Crippen molar-refractivity contribution < 1.29 is 9.21 Å². The van der Waals surface area contributed by atoms with Crippen LogP contribution in [0, 0.1) is 6.92 Å². The van der Waals surface area contributed by atoms with Gasteiger partial charge in [0.05, 0.1) is 5.57 Å². The Balaban J connectivity index is 1.52. The Kier molecular flexibility index (Phi) is 6.46. The molecule has 1 unspecified atom stereocenters. The van der Waals surface area contributed by atoms with Gasteiger partial charge in [-0.3, -0.25) is 15.4 Å². The van der Waals surface area contributed by atoms with Gasteiger partial charge in [-0.2, -0.15) is 4.98 Å². The van der Waals surface area contributed by atoms with Crippen molar-refractivity contribution in [2.75, 3.05) is 10.6 Å². The molecule has 0 bridgehead atoms. The molecule has 0 radical (unpaired) electrons. The molecule has 2 aromatic heterocycles. The molecule has 0 saturated heterocycles. The fraction of sp³-hybridized carbons (Fsp3) is 0.240. The van der Waals surface area contributed by atoms with Crippen LogP contribution in [0.3, 0.4) is 0 Å². The summed E-state index contributed by atoms with van der Waals surface area (Å²) in [5.41, 5.74) is 4.21. The fourth-order valence-corrected chi connectivity index (χ4v) is 4.80. The molecule has 36 heavy (non-hydrogen) atoms. The monoisotopic (exact) mass is 521 g/mol. The van der Waals surface area contributed by atoms with E-state index in [9.17, 15) is 4.79 Å². The van der Waals surface area contributed by atoms with Crippen molar-refractivity contribution in [3.05, 3.63) is 74.9 Å². The number of nitrogens with one attached hydrogen (secondary N) is 3. The molecule has 0 saturated carbocycles. The van der Waals surface area contributed by atoms with Gasteiger partial charge in [-0.1, -0.05) is 61.1 Å². The molecule has 1 aliphatic heterocycles. The molecule has 1 aliphatic rings. The van der Waals surface area contributed by atoms with E-state index in [1.54, 1.807) is 0 Å². The lowest BCUT2D eigenvalue weighted by Gasteiger charge is -2.27. The number of para-hydroxylation sites is 2. The largest absolute Gasteiger partial charge is 0.423 e. The molecule has 184 valence electrons. The van der Waals surface area contributed by atoms with Crippen molar-refractivity contribution in [1.82, 2.24) is 20.5 Å². The number of fused-ring (bicyclic) bond motifs is 1. The Morgan fingerprint density at radius 1 is 1.17 bits per heavy atom. The molecule has 0 aliphatic carbocycles. The third-order valence-electron chi connectivity index (χ3n) is 5.74. The third kappa shape index (κ3) is 4.82. The molecule has 4 aromatic rings. The molecular weight excluding hydrogens is 498 g/mol. The summed E-state index contributed by atoms with van der Waals surface area (Å²) in [6.07, 6.45) is 0. The lowest BCUT2D eigenvalue weighted by atomic mass is 9.93. The van der Waals surface area contributed by atoms with Crippen LogP contribution in [-0.4, -0.2) is 27.0 Å². The Bertz CT molecular complexity index is 1490. The highest BCUT2D eigenvalue weighted by atomic mass is 35.5. The number of aromatic nitrogens is 3. The number of halogens is 1. The molecule has 0 spiro atoms. The first-order valence-electron chi connectivity index (χ1n) is 11.4. The predicted molar refractivity (Wildman–Crippen MR) is 142 cm³/mol. The summed E-state index contributed by atoms with van der Waals surface area (Å²) in [5, 5.41) is 18.8. The van der Waals surface area contributed by atoms with Gasteiger partial charge in [0.15, 0.2) is 5.58 Å². The van der Waals surface area contributed by atoms with Gasteiger partial charge in [-0.05, 0) is 43.5 Å². The van der Waals surface area contributed by atoms with Crippen LogP contribution in [0.2, 0.25) is 5.02 Å². The fourth-order valence-electron chi connectivity index (χ4n) is 3.92. The second-order valence-electron chi connectivity index (χ2n) is 8.67. The summed E-state index contributed by atoms with van der Waals surface area (Å²) < 4.78 is 5.79. The van der Waals surface area contributed by atoms with Crippen LogP contribution in [0.1, 0.15) is 48.9 Å². The summed E-state index contributed by atoms with van der Waals surface area (Å²) >= 11 is 8.03. The van der Waals surface area contributed by atoms with Crippen molar-refractivity contribution in [2.24, 2.45) is 4.99 Å². The molecule has 9 nitrogen and oxygen atoms in total. The van der Waals surface area contributed by atoms with Crippen LogP contribution in [0.25, 0.3) is 11.1 Å². The number of guanidine groups is 1. The lowest BCUT2D eigenvalue weighted by molar-refractivity contribution is -0.113. The first kappa shape index (κ1) is 24.0. The molecule has 11 heteroatoms. The zero-order chi connectivity index (χ0) is 25.4. The maximum absolute atomic E-state index is 13.4. The number of carbonyl (C=O) groups is 1. The van der Waals surface area contributed by atoms with Gasteiger partial charge in [-0.25, -0.2) is 4.99 Å². The number of amides is 1. The summed E-state index contributed by atoms with van der Waals surface area (Å²) in [4.78, 5) is 22.7. The SMILES string of the molecule is CC1=C(C(=O)Nc2nnc(C)s2)C(c2ccc(C(C)C)cc2Cl)N=C(Nc2nc3ccccc3o2)N1. The van der Waals surface area contributed by atoms with E-state index in [0.29, 0.717) is 44.4 Å². The van der Waals surface area contributed by atoms with Crippen molar-refractivity contribution >= 4 is 57.1 Å². The van der Waals surface area contributed by atoms with Gasteiger partial charge in [0.1, 0.15) is 16.6 Å². The van der Waals surface area contributed by atoms with E-state index >= 15 is 0 Å². The number of aliphatic imine (C=N–C) groups is 1. The van der Waals surface area contributed by atoms with E-state index < -0.39 is 6.04 Å². The number of hydrogen-bond acceptors (Lipinski definition) is 9. The second-order valence-corrected chi connectivity index (χ2v) is 10.3. The van der Waals surface area contributed by atoms with Crippen LogP contribution in [0.15, 0.2) is 63.1 Å². The highest BCUT2D eigenvalue weighted by molar-refractivity contribution is 7.15. The Hall–Kier alpha value is -3.76. The summed E-state index contributed by atoms with van der Waals surface area (Å²) in [6, 6.07) is 12.9. The van der Waals surface area contributed by atoms with E-state index in [0.717, 1.165) is 16.1 Å². The standard InChI is InChI=1S/C25H24ClN7O2S/c1-12(2)15-9-10-16(17(26)11-15)21-20(22(34)30-25-33-32-14(4)36-25)13(3)27-23(29-21)31-24-28-18-7-5-6-8-19(18)35-24/h5-12,21H,1-4H3,(H,30,33,34)(H2,27,28,29,31). The quantitative estimate of drug-likeness (QED) is 0.304. The maximum atomic E-state index is 13.4. The minimum absolute atomic E-state index is 0.285. The van der Waals surface area contributed by atoms with Crippen molar-refractivity contribution in [3.63, 3.8) is 0 Å². The number of hydrogen-bond donors (Lipinski definition) is 3. The van der Waals surface area contributed by atoms with Gasteiger partial charge >= 0.3 is 6.01 Å². The van der Waals surface area contributed by atoms with Crippen LogP contribution in [-0.2, 0) is 4.79 Å². The Labute approximate surface area is 216 Å². The number of anilines is 2. The van der Waals surface area contributed by atoms with Gasteiger partial charge < -0.3 is 9.73 Å². The molecule has 0 fully saturated rings. The second kappa shape index (κ2) is 9.71. The van der Waals surface area contributed by atoms with Crippen LogP contribution in [0.5, 0.6) is 0 Å². The zero-order valence-electron chi connectivity index (χ0n) is 20.1. The first-order chi connectivity index (χ1) is 17.3. The van der Waals surface area contributed by atoms with Crippen molar-refractivity contribution in [2.45, 2.75) is 39.7 Å². The Morgan fingerprint density at radius 2 is 1.97 bits per heavy atom. The Morgan fingerprint density at radius 3 is 2.67 bits per heavy atom. The van der Waals surface area contributed by atoms with E-state index in [-0.39, 0.29) is 11.9 Å². The number of allylic oxidation sites excluding steroid dienone is 1. The van der Waals surface area contributed by atoms with E-state index in [1.165, 1.54) is 11.3 Å². The molecular formula is C25H24ClN7O2S.